The zero-order chi connectivity index (χ0) is 12.1. The molecule has 2 atom stereocenters. The third kappa shape index (κ3) is 2.86. The van der Waals surface area contributed by atoms with Crippen LogP contribution in [0.2, 0.25) is 0 Å². The molecule has 1 aliphatic heterocycles. The number of carbonyl (C=O) groups is 1. The van der Waals surface area contributed by atoms with Crippen molar-refractivity contribution in [3.63, 3.8) is 0 Å². The number of rotatable bonds is 4. The topological polar surface area (TPSA) is 38.3 Å². The minimum absolute atomic E-state index is 0.113. The molecule has 1 fully saturated rings. The summed E-state index contributed by atoms with van der Waals surface area (Å²) in [7, 11) is 0. The van der Waals surface area contributed by atoms with Crippen LogP contribution in [0.4, 0.5) is 0 Å². The summed E-state index contributed by atoms with van der Waals surface area (Å²) in [6, 6.07) is 10.1. The molecule has 92 valence electrons. The van der Waals surface area contributed by atoms with E-state index < -0.39 is 0 Å². The van der Waals surface area contributed by atoms with E-state index in [0.29, 0.717) is 6.61 Å². The lowest BCUT2D eigenvalue weighted by Gasteiger charge is -2.22. The molecule has 3 heteroatoms. The Balaban J connectivity index is 2.20. The molecule has 2 rings (SSSR count). The van der Waals surface area contributed by atoms with Gasteiger partial charge in [-0.25, -0.2) is 0 Å². The molecule has 1 aromatic rings. The molecule has 17 heavy (non-hydrogen) atoms. The third-order valence-corrected chi connectivity index (χ3v) is 3.20. The van der Waals surface area contributed by atoms with Gasteiger partial charge in [0.2, 0.25) is 0 Å². The smallest absolute Gasteiger partial charge is 0.315 e. The van der Waals surface area contributed by atoms with E-state index in [1.54, 1.807) is 0 Å². The van der Waals surface area contributed by atoms with Crippen molar-refractivity contribution in [3.05, 3.63) is 35.9 Å². The Morgan fingerprint density at radius 2 is 2.24 bits per heavy atom. The first-order valence-corrected chi connectivity index (χ1v) is 6.28. The molecule has 0 radical (unpaired) electrons. The predicted molar refractivity (Wildman–Crippen MR) is 66.8 cm³/mol. The van der Waals surface area contributed by atoms with Crippen LogP contribution in [0.1, 0.15) is 31.2 Å². The zero-order valence-corrected chi connectivity index (χ0v) is 10.2. The lowest BCUT2D eigenvalue weighted by molar-refractivity contribution is -0.145. The van der Waals surface area contributed by atoms with Gasteiger partial charge in [0.1, 0.15) is 0 Å². The molecule has 0 bridgehead atoms. The third-order valence-electron chi connectivity index (χ3n) is 3.20. The lowest BCUT2D eigenvalue weighted by atomic mass is 9.90. The van der Waals surface area contributed by atoms with Gasteiger partial charge >= 0.3 is 5.97 Å². The van der Waals surface area contributed by atoms with E-state index in [-0.39, 0.29) is 17.9 Å². The first-order valence-electron chi connectivity index (χ1n) is 6.28. The van der Waals surface area contributed by atoms with Crippen molar-refractivity contribution < 1.29 is 9.53 Å². The molecule has 0 aliphatic carbocycles. The summed E-state index contributed by atoms with van der Waals surface area (Å²) >= 11 is 0. The van der Waals surface area contributed by atoms with Gasteiger partial charge in [-0.1, -0.05) is 30.3 Å². The van der Waals surface area contributed by atoms with Crippen molar-refractivity contribution in [2.45, 2.75) is 31.7 Å². The monoisotopic (exact) mass is 233 g/mol. The Kier molecular flexibility index (Phi) is 4.15. The molecule has 1 N–H and O–H groups in total. The van der Waals surface area contributed by atoms with Gasteiger partial charge in [-0.15, -0.1) is 0 Å². The van der Waals surface area contributed by atoms with Crippen LogP contribution >= 0.6 is 0 Å². The fraction of sp³-hybridized carbons (Fsp3) is 0.500. The fourth-order valence-electron chi connectivity index (χ4n) is 2.42. The number of hydrogen-bond acceptors (Lipinski definition) is 3. The van der Waals surface area contributed by atoms with Gasteiger partial charge in [-0.3, -0.25) is 4.79 Å². The summed E-state index contributed by atoms with van der Waals surface area (Å²) < 4.78 is 5.19. The summed E-state index contributed by atoms with van der Waals surface area (Å²) in [6.07, 6.45) is 2.17. The van der Waals surface area contributed by atoms with Crippen LogP contribution in [0.5, 0.6) is 0 Å². The standard InChI is InChI=1S/C14H19NO2/c1-2-17-14(16)13(12-9-6-10-15-12)11-7-4-3-5-8-11/h3-5,7-8,12-13,15H,2,6,9-10H2,1H3. The minimum Gasteiger partial charge on any atom is -0.465 e. The molecular formula is C14H19NO2. The fourth-order valence-corrected chi connectivity index (χ4v) is 2.42. The average molecular weight is 233 g/mol. The predicted octanol–water partition coefficient (Wildman–Crippen LogP) is 2.09. The van der Waals surface area contributed by atoms with Crippen LogP contribution in [0, 0.1) is 0 Å². The Hall–Kier alpha value is -1.35. The van der Waals surface area contributed by atoms with Crippen LogP contribution in [-0.4, -0.2) is 25.2 Å². The first-order chi connectivity index (χ1) is 8.33. The molecule has 0 spiro atoms. The van der Waals surface area contributed by atoms with E-state index in [9.17, 15) is 4.79 Å². The molecule has 1 aromatic carbocycles. The number of benzene rings is 1. The average Bonchev–Trinajstić information content (AvgIpc) is 2.85. The van der Waals surface area contributed by atoms with Crippen molar-refractivity contribution in [3.8, 4) is 0 Å². The van der Waals surface area contributed by atoms with E-state index >= 15 is 0 Å². The van der Waals surface area contributed by atoms with Crippen molar-refractivity contribution in [1.82, 2.24) is 5.32 Å². The van der Waals surface area contributed by atoms with Gasteiger partial charge in [-0.2, -0.15) is 0 Å². The van der Waals surface area contributed by atoms with Gasteiger partial charge in [0.05, 0.1) is 12.5 Å². The van der Waals surface area contributed by atoms with Crippen LogP contribution in [0.3, 0.4) is 0 Å². The Bertz CT molecular complexity index is 358. The highest BCUT2D eigenvalue weighted by Crippen LogP contribution is 2.26. The van der Waals surface area contributed by atoms with Gasteiger partial charge in [0, 0.05) is 6.04 Å². The summed E-state index contributed by atoms with van der Waals surface area (Å²) in [5.41, 5.74) is 1.05. The summed E-state index contributed by atoms with van der Waals surface area (Å²) in [5.74, 6) is -0.281. The van der Waals surface area contributed by atoms with Crippen LogP contribution in [-0.2, 0) is 9.53 Å². The normalized spacial score (nSPS) is 21.1. The highest BCUT2D eigenvalue weighted by atomic mass is 16.5. The van der Waals surface area contributed by atoms with Crippen molar-refractivity contribution in [2.24, 2.45) is 0 Å². The van der Waals surface area contributed by atoms with E-state index in [1.165, 1.54) is 0 Å². The summed E-state index contributed by atoms with van der Waals surface area (Å²) in [5, 5.41) is 3.39. The van der Waals surface area contributed by atoms with E-state index in [4.69, 9.17) is 4.74 Å². The second-order valence-electron chi connectivity index (χ2n) is 4.34. The zero-order valence-electron chi connectivity index (χ0n) is 10.2. The van der Waals surface area contributed by atoms with Crippen LogP contribution in [0.25, 0.3) is 0 Å². The lowest BCUT2D eigenvalue weighted by Crippen LogP contribution is -2.34. The maximum Gasteiger partial charge on any atom is 0.315 e. The SMILES string of the molecule is CCOC(=O)C(c1ccccc1)C1CCCN1. The Morgan fingerprint density at radius 1 is 1.47 bits per heavy atom. The first kappa shape index (κ1) is 12.1. The molecule has 3 nitrogen and oxygen atoms in total. The Labute approximate surface area is 102 Å². The number of hydrogen-bond donors (Lipinski definition) is 1. The summed E-state index contributed by atoms with van der Waals surface area (Å²) in [4.78, 5) is 12.1. The van der Waals surface area contributed by atoms with Crippen molar-refractivity contribution >= 4 is 5.97 Å². The Morgan fingerprint density at radius 3 is 2.82 bits per heavy atom. The van der Waals surface area contributed by atoms with Crippen molar-refractivity contribution in [2.75, 3.05) is 13.2 Å². The summed E-state index contributed by atoms with van der Waals surface area (Å²) in [6.45, 7) is 3.28. The van der Waals surface area contributed by atoms with Gasteiger partial charge in [0.15, 0.2) is 0 Å². The van der Waals surface area contributed by atoms with Crippen LogP contribution < -0.4 is 5.32 Å². The molecule has 1 saturated heterocycles. The largest absolute Gasteiger partial charge is 0.465 e. The van der Waals surface area contributed by atoms with Crippen LogP contribution in [0.15, 0.2) is 30.3 Å². The van der Waals surface area contributed by atoms with Gasteiger partial charge in [0.25, 0.3) is 0 Å². The second-order valence-corrected chi connectivity index (χ2v) is 4.34. The van der Waals surface area contributed by atoms with E-state index in [1.807, 2.05) is 37.3 Å². The minimum atomic E-state index is -0.168. The maximum absolute atomic E-state index is 12.1. The molecule has 0 saturated carbocycles. The molecule has 2 unspecified atom stereocenters. The van der Waals surface area contributed by atoms with E-state index in [0.717, 1.165) is 24.9 Å². The molecule has 0 amide bonds. The maximum atomic E-state index is 12.1. The number of ether oxygens (including phenoxy) is 1. The molecule has 1 heterocycles. The van der Waals surface area contributed by atoms with Gasteiger partial charge in [-0.05, 0) is 31.9 Å². The molecular weight excluding hydrogens is 214 g/mol. The number of nitrogens with one attached hydrogen (secondary N) is 1. The highest BCUT2D eigenvalue weighted by molar-refractivity contribution is 5.79. The highest BCUT2D eigenvalue weighted by Gasteiger charge is 2.32. The quantitative estimate of drug-likeness (QED) is 0.809. The van der Waals surface area contributed by atoms with E-state index in [2.05, 4.69) is 5.32 Å². The van der Waals surface area contributed by atoms with Gasteiger partial charge < -0.3 is 10.1 Å². The number of carbonyl (C=O) groups excluding carboxylic acids is 1. The van der Waals surface area contributed by atoms with Crippen molar-refractivity contribution in [1.29, 1.82) is 0 Å². The molecule has 0 aromatic heterocycles. The number of esters is 1. The second kappa shape index (κ2) is 5.82. The molecule has 1 aliphatic rings.